The lowest BCUT2D eigenvalue weighted by Crippen LogP contribution is -2.10. The van der Waals surface area contributed by atoms with Crippen LogP contribution in [0.1, 0.15) is 25.0 Å². The molecule has 2 heteroatoms. The second-order valence-corrected chi connectivity index (χ2v) is 6.01. The van der Waals surface area contributed by atoms with Crippen molar-refractivity contribution in [3.05, 3.63) is 42.0 Å². The lowest BCUT2D eigenvalue weighted by Gasteiger charge is -2.22. The number of alkyl halides is 1. The maximum Gasteiger partial charge on any atom is 0.127 e. The number of aryl methyl sites for hydroxylation is 1. The predicted octanol–water partition coefficient (Wildman–Crippen LogP) is 4.19. The molecule has 0 atom stereocenters. The van der Waals surface area contributed by atoms with E-state index in [0.29, 0.717) is 6.61 Å². The van der Waals surface area contributed by atoms with Gasteiger partial charge in [0.25, 0.3) is 0 Å². The Bertz CT molecular complexity index is 350. The van der Waals surface area contributed by atoms with Gasteiger partial charge in [-0.15, -0.1) is 0 Å². The van der Waals surface area contributed by atoms with Gasteiger partial charge >= 0.3 is 0 Å². The molecule has 0 spiro atoms. The summed E-state index contributed by atoms with van der Waals surface area (Å²) in [6, 6.07) is 6.19. The van der Waals surface area contributed by atoms with Gasteiger partial charge < -0.3 is 4.74 Å². The molecule has 0 aliphatic heterocycles. The maximum absolute atomic E-state index is 5.70. The van der Waals surface area contributed by atoms with Crippen LogP contribution in [0.4, 0.5) is 0 Å². The first-order chi connectivity index (χ1) is 6.96. The number of hydrogen-bond donors (Lipinski definition) is 0. The van der Waals surface area contributed by atoms with Gasteiger partial charge in [0.15, 0.2) is 0 Å². The molecule has 0 bridgehead atoms. The summed E-state index contributed by atoms with van der Waals surface area (Å²) >= 11 is 3.66. The Morgan fingerprint density at radius 2 is 2.13 bits per heavy atom. The van der Waals surface area contributed by atoms with Crippen LogP contribution in [0, 0.1) is 6.92 Å². The molecule has 0 radical (unpaired) electrons. The van der Waals surface area contributed by atoms with E-state index in [4.69, 9.17) is 4.74 Å². The molecule has 0 saturated carbocycles. The number of ether oxygens (including phenoxy) is 1. The first-order valence-electron chi connectivity index (χ1n) is 4.99. The monoisotopic (exact) mass is 268 g/mol. The lowest BCUT2D eigenvalue weighted by molar-refractivity contribution is 0.354. The van der Waals surface area contributed by atoms with Crippen LogP contribution in [0.15, 0.2) is 30.9 Å². The van der Waals surface area contributed by atoms with Crippen LogP contribution < -0.4 is 4.74 Å². The quantitative estimate of drug-likeness (QED) is 0.588. The summed E-state index contributed by atoms with van der Waals surface area (Å²) in [5.74, 6) is 0.958. The molecule has 82 valence electrons. The Morgan fingerprint density at radius 3 is 2.67 bits per heavy atom. The minimum absolute atomic E-state index is 0.0739. The van der Waals surface area contributed by atoms with Gasteiger partial charge in [0.2, 0.25) is 0 Å². The SMILES string of the molecule is C=CCOc1c(C)cccc1C(C)(C)Br. The van der Waals surface area contributed by atoms with Crippen molar-refractivity contribution in [2.24, 2.45) is 0 Å². The van der Waals surface area contributed by atoms with E-state index in [0.717, 1.165) is 11.3 Å². The third kappa shape index (κ3) is 3.10. The molecule has 0 aromatic heterocycles. The van der Waals surface area contributed by atoms with Crippen LogP contribution in [0.5, 0.6) is 5.75 Å². The average Bonchev–Trinajstić information content (AvgIpc) is 2.14. The first kappa shape index (κ1) is 12.3. The van der Waals surface area contributed by atoms with E-state index >= 15 is 0 Å². The van der Waals surface area contributed by atoms with Crippen LogP contribution in [0.2, 0.25) is 0 Å². The highest BCUT2D eigenvalue weighted by Crippen LogP contribution is 2.38. The van der Waals surface area contributed by atoms with Gasteiger partial charge in [-0.1, -0.05) is 46.8 Å². The third-order valence-corrected chi connectivity index (χ3v) is 2.63. The standard InChI is InChI=1S/C13H17BrO/c1-5-9-15-12-10(2)7-6-8-11(12)13(3,4)14/h5-8H,1,9H2,2-4H3. The molecule has 15 heavy (non-hydrogen) atoms. The second-order valence-electron chi connectivity index (χ2n) is 4.02. The third-order valence-electron chi connectivity index (χ3n) is 2.20. The van der Waals surface area contributed by atoms with Crippen molar-refractivity contribution in [2.45, 2.75) is 25.1 Å². The molecule has 1 aromatic rings. The van der Waals surface area contributed by atoms with E-state index in [-0.39, 0.29) is 4.32 Å². The zero-order chi connectivity index (χ0) is 11.5. The number of halogens is 1. The topological polar surface area (TPSA) is 9.23 Å². The molecule has 0 N–H and O–H groups in total. The summed E-state index contributed by atoms with van der Waals surface area (Å²) in [5, 5.41) is 0. The Labute approximate surface area is 100 Å². The average molecular weight is 269 g/mol. The molecule has 0 saturated heterocycles. The summed E-state index contributed by atoms with van der Waals surface area (Å²) in [6.07, 6.45) is 1.76. The fourth-order valence-electron chi connectivity index (χ4n) is 1.45. The molecule has 1 nitrogen and oxygen atoms in total. The van der Waals surface area contributed by atoms with Gasteiger partial charge in [-0.3, -0.25) is 0 Å². The van der Waals surface area contributed by atoms with E-state index < -0.39 is 0 Å². The molecule has 1 aromatic carbocycles. The summed E-state index contributed by atoms with van der Waals surface area (Å²) in [6.45, 7) is 10.5. The van der Waals surface area contributed by atoms with Crippen molar-refractivity contribution >= 4 is 15.9 Å². The number of rotatable bonds is 4. The van der Waals surface area contributed by atoms with Gasteiger partial charge in [-0.05, 0) is 26.3 Å². The molecule has 0 fully saturated rings. The van der Waals surface area contributed by atoms with Crippen LogP contribution >= 0.6 is 15.9 Å². The van der Waals surface area contributed by atoms with Crippen LogP contribution in [-0.2, 0) is 4.32 Å². The van der Waals surface area contributed by atoms with Crippen LogP contribution in [0.25, 0.3) is 0 Å². The van der Waals surface area contributed by atoms with Crippen LogP contribution in [-0.4, -0.2) is 6.61 Å². The molecular formula is C13H17BrO. The van der Waals surface area contributed by atoms with E-state index in [1.807, 2.05) is 0 Å². The minimum Gasteiger partial charge on any atom is -0.489 e. The molecule has 0 aliphatic rings. The predicted molar refractivity (Wildman–Crippen MR) is 68.8 cm³/mol. The van der Waals surface area contributed by atoms with Crippen molar-refractivity contribution in [1.29, 1.82) is 0 Å². The summed E-state index contributed by atoms with van der Waals surface area (Å²) in [5.41, 5.74) is 2.33. The molecular weight excluding hydrogens is 252 g/mol. The Morgan fingerprint density at radius 1 is 1.47 bits per heavy atom. The molecule has 0 aliphatic carbocycles. The van der Waals surface area contributed by atoms with E-state index in [1.54, 1.807) is 6.08 Å². The number of benzene rings is 1. The fourth-order valence-corrected chi connectivity index (χ4v) is 1.77. The van der Waals surface area contributed by atoms with Gasteiger partial charge in [0, 0.05) is 9.89 Å². The van der Waals surface area contributed by atoms with Crippen molar-refractivity contribution in [1.82, 2.24) is 0 Å². The van der Waals surface area contributed by atoms with Gasteiger partial charge in [-0.25, -0.2) is 0 Å². The normalized spacial score (nSPS) is 11.2. The van der Waals surface area contributed by atoms with Gasteiger partial charge in [-0.2, -0.15) is 0 Å². The summed E-state index contributed by atoms with van der Waals surface area (Å²) < 4.78 is 5.62. The fraction of sp³-hybridized carbons (Fsp3) is 0.385. The number of hydrogen-bond acceptors (Lipinski definition) is 1. The zero-order valence-corrected chi connectivity index (χ0v) is 11.1. The zero-order valence-electron chi connectivity index (χ0n) is 9.51. The Kier molecular flexibility index (Phi) is 3.97. The molecule has 1 rings (SSSR count). The smallest absolute Gasteiger partial charge is 0.127 e. The van der Waals surface area contributed by atoms with Crippen molar-refractivity contribution in [2.75, 3.05) is 6.61 Å². The maximum atomic E-state index is 5.70. The largest absolute Gasteiger partial charge is 0.489 e. The van der Waals surface area contributed by atoms with Crippen molar-refractivity contribution < 1.29 is 4.74 Å². The van der Waals surface area contributed by atoms with Gasteiger partial charge in [0.05, 0.1) is 0 Å². The van der Waals surface area contributed by atoms with E-state index in [2.05, 4.69) is 61.5 Å². The highest BCUT2D eigenvalue weighted by Gasteiger charge is 2.21. The van der Waals surface area contributed by atoms with Crippen molar-refractivity contribution in [3.8, 4) is 5.75 Å². The van der Waals surface area contributed by atoms with Crippen molar-refractivity contribution in [3.63, 3.8) is 0 Å². The first-order valence-corrected chi connectivity index (χ1v) is 5.79. The second kappa shape index (κ2) is 4.84. The highest BCUT2D eigenvalue weighted by atomic mass is 79.9. The van der Waals surface area contributed by atoms with Crippen LogP contribution in [0.3, 0.4) is 0 Å². The Hall–Kier alpha value is -0.760. The number of para-hydroxylation sites is 1. The van der Waals surface area contributed by atoms with E-state index in [1.165, 1.54) is 5.56 Å². The highest BCUT2D eigenvalue weighted by molar-refractivity contribution is 9.09. The Balaban J connectivity index is 3.14. The summed E-state index contributed by atoms with van der Waals surface area (Å²) in [7, 11) is 0. The molecule has 0 amide bonds. The van der Waals surface area contributed by atoms with E-state index in [9.17, 15) is 0 Å². The summed E-state index contributed by atoms with van der Waals surface area (Å²) in [4.78, 5) is 0. The van der Waals surface area contributed by atoms with Gasteiger partial charge in [0.1, 0.15) is 12.4 Å². The minimum atomic E-state index is -0.0739. The molecule has 0 unspecified atom stereocenters. The molecule has 0 heterocycles. The lowest BCUT2D eigenvalue weighted by atomic mass is 9.99.